The topological polar surface area (TPSA) is 26.3 Å². The van der Waals surface area contributed by atoms with Crippen LogP contribution in [-0.4, -0.2) is 12.6 Å². The maximum Gasteiger partial charge on any atom is 0.417 e. The van der Waals surface area contributed by atoms with Crippen LogP contribution in [0.4, 0.5) is 13.2 Å². The van der Waals surface area contributed by atoms with Crippen molar-refractivity contribution in [3.63, 3.8) is 0 Å². The van der Waals surface area contributed by atoms with Crippen LogP contribution in [0.3, 0.4) is 0 Å². The van der Waals surface area contributed by atoms with Gasteiger partial charge in [0.1, 0.15) is 0 Å². The number of hydrogen-bond donors (Lipinski definition) is 0. The molecule has 0 unspecified atom stereocenters. The van der Waals surface area contributed by atoms with Gasteiger partial charge in [-0.2, -0.15) is 13.2 Å². The maximum atomic E-state index is 12.5. The molecule has 1 rings (SSSR count). The highest BCUT2D eigenvalue weighted by molar-refractivity contribution is 9.10. The molecule has 0 amide bonds. The van der Waals surface area contributed by atoms with E-state index in [1.54, 1.807) is 6.92 Å². The summed E-state index contributed by atoms with van der Waals surface area (Å²) in [5, 5.41) is 0. The van der Waals surface area contributed by atoms with E-state index in [0.717, 1.165) is 6.07 Å². The summed E-state index contributed by atoms with van der Waals surface area (Å²) < 4.78 is 42.0. The number of rotatable bonds is 2. The van der Waals surface area contributed by atoms with E-state index in [0.29, 0.717) is 0 Å². The first-order chi connectivity index (χ1) is 7.36. The summed E-state index contributed by atoms with van der Waals surface area (Å²) >= 11 is 2.78. The van der Waals surface area contributed by atoms with Crippen molar-refractivity contribution >= 4 is 21.9 Å². The molecule has 0 bridgehead atoms. The van der Waals surface area contributed by atoms with Gasteiger partial charge in [-0.3, -0.25) is 0 Å². The smallest absolute Gasteiger partial charge is 0.417 e. The van der Waals surface area contributed by atoms with Gasteiger partial charge in [0, 0.05) is 4.47 Å². The van der Waals surface area contributed by atoms with Gasteiger partial charge in [-0.05, 0) is 25.1 Å². The lowest BCUT2D eigenvalue weighted by atomic mass is 10.1. The highest BCUT2D eigenvalue weighted by atomic mass is 79.9. The number of alkyl halides is 3. The van der Waals surface area contributed by atoms with Crippen LogP contribution >= 0.6 is 15.9 Å². The molecule has 1 aromatic rings. The first-order valence-corrected chi connectivity index (χ1v) is 5.19. The van der Waals surface area contributed by atoms with Crippen molar-refractivity contribution in [3.8, 4) is 0 Å². The highest BCUT2D eigenvalue weighted by Crippen LogP contribution is 2.35. The summed E-state index contributed by atoms with van der Waals surface area (Å²) in [5.41, 5.74) is -1.00. The molecule has 2 nitrogen and oxygen atoms in total. The van der Waals surface area contributed by atoms with Gasteiger partial charge in [0.15, 0.2) is 0 Å². The molecule has 0 fully saturated rings. The molecule has 0 aliphatic rings. The van der Waals surface area contributed by atoms with Crippen LogP contribution in [0.1, 0.15) is 22.8 Å². The monoisotopic (exact) mass is 296 g/mol. The standard InChI is InChI=1S/C10H8BrF3O2/c1-2-16-9(15)6-3-4-8(11)7(5-6)10(12,13)14/h3-5H,2H2,1H3. The summed E-state index contributed by atoms with van der Waals surface area (Å²) in [7, 11) is 0. The molecule has 1 aromatic carbocycles. The van der Waals surface area contributed by atoms with Crippen molar-refractivity contribution in [1.82, 2.24) is 0 Å². The number of ether oxygens (including phenoxy) is 1. The van der Waals surface area contributed by atoms with Crippen LogP contribution in [0.25, 0.3) is 0 Å². The first-order valence-electron chi connectivity index (χ1n) is 4.40. The molecule has 0 N–H and O–H groups in total. The summed E-state index contributed by atoms with van der Waals surface area (Å²) in [6.07, 6.45) is -4.50. The molecule has 0 heterocycles. The quantitative estimate of drug-likeness (QED) is 0.779. The molecule has 88 valence electrons. The minimum Gasteiger partial charge on any atom is -0.462 e. The minimum absolute atomic E-state index is 0.104. The molecular weight excluding hydrogens is 289 g/mol. The van der Waals surface area contributed by atoms with Crippen molar-refractivity contribution in [2.45, 2.75) is 13.1 Å². The second kappa shape index (κ2) is 4.86. The largest absolute Gasteiger partial charge is 0.462 e. The number of esters is 1. The van der Waals surface area contributed by atoms with Gasteiger partial charge in [0.25, 0.3) is 0 Å². The third kappa shape index (κ3) is 2.98. The van der Waals surface area contributed by atoms with Gasteiger partial charge in [-0.25, -0.2) is 4.79 Å². The van der Waals surface area contributed by atoms with Crippen LogP contribution in [0, 0.1) is 0 Å². The van der Waals surface area contributed by atoms with Crippen LogP contribution in [0.5, 0.6) is 0 Å². The molecule has 0 radical (unpaired) electrons. The Balaban J connectivity index is 3.13. The number of carbonyl (C=O) groups excluding carboxylic acids is 1. The molecule has 0 aromatic heterocycles. The second-order valence-electron chi connectivity index (χ2n) is 2.91. The zero-order valence-corrected chi connectivity index (χ0v) is 9.85. The predicted molar refractivity (Wildman–Crippen MR) is 55.1 cm³/mol. The van der Waals surface area contributed by atoms with Crippen molar-refractivity contribution in [2.75, 3.05) is 6.61 Å². The predicted octanol–water partition coefficient (Wildman–Crippen LogP) is 3.64. The summed E-state index contributed by atoms with van der Waals surface area (Å²) in [6.45, 7) is 1.71. The van der Waals surface area contributed by atoms with Crippen molar-refractivity contribution in [2.24, 2.45) is 0 Å². The minimum atomic E-state index is -4.50. The fourth-order valence-corrected chi connectivity index (χ4v) is 1.56. The Hall–Kier alpha value is -1.04. The SMILES string of the molecule is CCOC(=O)c1ccc(Br)c(C(F)(F)F)c1. The zero-order valence-electron chi connectivity index (χ0n) is 8.27. The average molecular weight is 297 g/mol. The summed E-state index contributed by atoms with van der Waals surface area (Å²) in [5.74, 6) is -0.763. The van der Waals surface area contributed by atoms with E-state index >= 15 is 0 Å². The normalized spacial score (nSPS) is 11.3. The fourth-order valence-electron chi connectivity index (χ4n) is 1.08. The Morgan fingerprint density at radius 1 is 1.44 bits per heavy atom. The van der Waals surface area contributed by atoms with E-state index in [9.17, 15) is 18.0 Å². The molecule has 0 spiro atoms. The lowest BCUT2D eigenvalue weighted by Crippen LogP contribution is -2.10. The van der Waals surface area contributed by atoms with Gasteiger partial charge in [-0.1, -0.05) is 15.9 Å². The van der Waals surface area contributed by atoms with E-state index in [4.69, 9.17) is 0 Å². The Morgan fingerprint density at radius 2 is 2.06 bits per heavy atom. The molecule has 0 atom stereocenters. The highest BCUT2D eigenvalue weighted by Gasteiger charge is 2.33. The molecule has 0 saturated heterocycles. The van der Waals surface area contributed by atoms with E-state index in [-0.39, 0.29) is 16.6 Å². The Morgan fingerprint density at radius 3 is 2.56 bits per heavy atom. The van der Waals surface area contributed by atoms with Gasteiger partial charge >= 0.3 is 12.1 Å². The Labute approximate surface area is 98.5 Å². The van der Waals surface area contributed by atoms with Crippen LogP contribution in [0.15, 0.2) is 22.7 Å². The lowest BCUT2D eigenvalue weighted by Gasteiger charge is -2.10. The lowest BCUT2D eigenvalue weighted by molar-refractivity contribution is -0.138. The molecule has 16 heavy (non-hydrogen) atoms. The van der Waals surface area contributed by atoms with Crippen molar-refractivity contribution in [1.29, 1.82) is 0 Å². The Kier molecular flexibility index (Phi) is 3.96. The van der Waals surface area contributed by atoms with Crippen LogP contribution in [0.2, 0.25) is 0 Å². The van der Waals surface area contributed by atoms with Gasteiger partial charge < -0.3 is 4.74 Å². The third-order valence-electron chi connectivity index (χ3n) is 1.78. The molecule has 6 heteroatoms. The van der Waals surface area contributed by atoms with E-state index in [1.807, 2.05) is 0 Å². The van der Waals surface area contributed by atoms with Crippen molar-refractivity contribution in [3.05, 3.63) is 33.8 Å². The van der Waals surface area contributed by atoms with Crippen LogP contribution in [-0.2, 0) is 10.9 Å². The number of benzene rings is 1. The molecular formula is C10H8BrF3O2. The maximum absolute atomic E-state index is 12.5. The molecule has 0 aliphatic carbocycles. The summed E-state index contributed by atoms with van der Waals surface area (Å²) in [6, 6.07) is 3.22. The molecule has 0 aliphatic heterocycles. The number of halogens is 4. The first kappa shape index (κ1) is 13.0. The fraction of sp³-hybridized carbons (Fsp3) is 0.300. The van der Waals surface area contributed by atoms with Gasteiger partial charge in [0.05, 0.1) is 17.7 Å². The van der Waals surface area contributed by atoms with Gasteiger partial charge in [-0.15, -0.1) is 0 Å². The number of hydrogen-bond acceptors (Lipinski definition) is 2. The third-order valence-corrected chi connectivity index (χ3v) is 2.47. The van der Waals surface area contributed by atoms with E-state index in [1.165, 1.54) is 12.1 Å². The van der Waals surface area contributed by atoms with Crippen molar-refractivity contribution < 1.29 is 22.7 Å². The van der Waals surface area contributed by atoms with Gasteiger partial charge in [0.2, 0.25) is 0 Å². The van der Waals surface area contributed by atoms with E-state index < -0.39 is 17.7 Å². The second-order valence-corrected chi connectivity index (χ2v) is 3.77. The van der Waals surface area contributed by atoms with Crippen LogP contribution < -0.4 is 0 Å². The number of carbonyl (C=O) groups is 1. The Bertz CT molecular complexity index is 402. The molecule has 0 saturated carbocycles. The average Bonchev–Trinajstić information content (AvgIpc) is 2.16. The summed E-state index contributed by atoms with van der Waals surface area (Å²) in [4.78, 5) is 11.2. The zero-order chi connectivity index (χ0) is 12.3. The van der Waals surface area contributed by atoms with E-state index in [2.05, 4.69) is 20.7 Å².